The van der Waals surface area contributed by atoms with Crippen molar-refractivity contribution in [3.63, 3.8) is 0 Å². The number of ether oxygens (including phenoxy) is 1. The average Bonchev–Trinajstić information content (AvgIpc) is 2.61. The number of methoxy groups -OCH3 is 1. The molecule has 1 fully saturated rings. The molecule has 1 saturated carbocycles. The number of carbonyl (C=O) groups excluding carboxylic acids is 1. The second-order valence-electron chi connectivity index (χ2n) is 6.79. The van der Waals surface area contributed by atoms with Crippen molar-refractivity contribution in [2.75, 3.05) is 20.8 Å². The largest absolute Gasteiger partial charge is 0.496 e. The number of aliphatic hydroxyl groups excluding tert-OH is 1. The molecule has 4 heteroatoms. The normalized spacial score (nSPS) is 21.4. The molecule has 1 aliphatic rings. The molecule has 1 N–H and O–H groups in total. The van der Waals surface area contributed by atoms with Crippen LogP contribution >= 0.6 is 0 Å². The molecule has 1 aliphatic carbocycles. The summed E-state index contributed by atoms with van der Waals surface area (Å²) in [6, 6.07) is 8.19. The average molecular weight is 331 g/mol. The van der Waals surface area contributed by atoms with Gasteiger partial charge in [0.2, 0.25) is 5.91 Å². The first-order valence-electron chi connectivity index (χ1n) is 8.71. The maximum Gasteiger partial charge on any atom is 0.246 e. The first kappa shape index (κ1) is 18.5. The van der Waals surface area contributed by atoms with Crippen LogP contribution in [0, 0.1) is 5.92 Å². The molecule has 1 aromatic carbocycles. The van der Waals surface area contributed by atoms with Crippen LogP contribution < -0.4 is 4.74 Å². The lowest BCUT2D eigenvalue weighted by Crippen LogP contribution is -2.39. The second kappa shape index (κ2) is 8.88. The maximum atomic E-state index is 12.5. The third-order valence-corrected chi connectivity index (χ3v) is 5.00. The van der Waals surface area contributed by atoms with Crippen LogP contribution in [0.3, 0.4) is 0 Å². The smallest absolute Gasteiger partial charge is 0.246 e. The summed E-state index contributed by atoms with van der Waals surface area (Å²) >= 11 is 0. The standard InChI is InChI=1S/C20H29NO3/c1-15(12-17-6-4-5-7-19(17)24-3)13-20(23)21(2)18-10-8-16(14-22)9-11-18/h4-7,13,16,18,22H,8-12,14H2,1-3H3/b15-13+. The molecule has 0 saturated heterocycles. The van der Waals surface area contributed by atoms with Gasteiger partial charge in [0.15, 0.2) is 0 Å². The zero-order valence-electron chi connectivity index (χ0n) is 15.0. The van der Waals surface area contributed by atoms with Crippen molar-refractivity contribution in [3.05, 3.63) is 41.5 Å². The quantitative estimate of drug-likeness (QED) is 0.815. The summed E-state index contributed by atoms with van der Waals surface area (Å²) in [5.41, 5.74) is 2.12. The zero-order chi connectivity index (χ0) is 17.5. The van der Waals surface area contributed by atoms with E-state index in [4.69, 9.17) is 4.74 Å². The summed E-state index contributed by atoms with van der Waals surface area (Å²) in [5, 5.41) is 9.23. The van der Waals surface area contributed by atoms with E-state index in [0.717, 1.165) is 42.6 Å². The number of likely N-dealkylation sites (N-methyl/N-ethyl adjacent to an activating group) is 1. The summed E-state index contributed by atoms with van der Waals surface area (Å²) in [6.07, 6.45) is 6.41. The third kappa shape index (κ3) is 4.84. The number of benzene rings is 1. The van der Waals surface area contributed by atoms with Crippen molar-refractivity contribution < 1.29 is 14.6 Å². The lowest BCUT2D eigenvalue weighted by atomic mass is 9.86. The monoisotopic (exact) mass is 331 g/mol. The number of rotatable bonds is 6. The molecule has 0 unspecified atom stereocenters. The Hall–Kier alpha value is -1.81. The number of allylic oxidation sites excluding steroid dienone is 1. The molecule has 0 bridgehead atoms. The van der Waals surface area contributed by atoms with Crippen molar-refractivity contribution in [1.82, 2.24) is 4.90 Å². The van der Waals surface area contributed by atoms with Crippen molar-refractivity contribution in [1.29, 1.82) is 0 Å². The SMILES string of the molecule is COc1ccccc1C/C(C)=C/C(=O)N(C)C1CCC(CO)CC1. The molecule has 132 valence electrons. The predicted octanol–water partition coefficient (Wildman–Crippen LogP) is 3.19. The minimum Gasteiger partial charge on any atom is -0.496 e. The van der Waals surface area contributed by atoms with Crippen LogP contribution in [0.25, 0.3) is 0 Å². The molecule has 0 radical (unpaired) electrons. The van der Waals surface area contributed by atoms with E-state index < -0.39 is 0 Å². The Labute approximate surface area is 145 Å². The van der Waals surface area contributed by atoms with Gasteiger partial charge in [0.25, 0.3) is 0 Å². The van der Waals surface area contributed by atoms with Gasteiger partial charge in [-0.15, -0.1) is 0 Å². The summed E-state index contributed by atoms with van der Waals surface area (Å²) in [5.74, 6) is 1.33. The van der Waals surface area contributed by atoms with Gasteiger partial charge < -0.3 is 14.7 Å². The van der Waals surface area contributed by atoms with Gasteiger partial charge in [-0.2, -0.15) is 0 Å². The predicted molar refractivity (Wildman–Crippen MR) is 96.1 cm³/mol. The molecule has 1 amide bonds. The van der Waals surface area contributed by atoms with Crippen molar-refractivity contribution >= 4 is 5.91 Å². The molecule has 2 rings (SSSR count). The van der Waals surface area contributed by atoms with Gasteiger partial charge in [0.05, 0.1) is 7.11 Å². The summed E-state index contributed by atoms with van der Waals surface area (Å²) in [7, 11) is 3.55. The van der Waals surface area contributed by atoms with E-state index in [1.165, 1.54) is 0 Å². The molecule has 0 aliphatic heterocycles. The van der Waals surface area contributed by atoms with E-state index in [9.17, 15) is 9.90 Å². The number of amides is 1. The highest BCUT2D eigenvalue weighted by Gasteiger charge is 2.25. The third-order valence-electron chi connectivity index (χ3n) is 5.00. The fourth-order valence-electron chi connectivity index (χ4n) is 3.41. The Morgan fingerprint density at radius 2 is 1.96 bits per heavy atom. The minimum absolute atomic E-state index is 0.0647. The zero-order valence-corrected chi connectivity index (χ0v) is 15.0. The molecule has 0 aromatic heterocycles. The van der Waals surface area contributed by atoms with Gasteiger partial charge in [-0.1, -0.05) is 23.8 Å². The van der Waals surface area contributed by atoms with Gasteiger partial charge in [-0.25, -0.2) is 0 Å². The van der Waals surface area contributed by atoms with Crippen molar-refractivity contribution in [3.8, 4) is 5.75 Å². The number of carbonyl (C=O) groups is 1. The van der Waals surface area contributed by atoms with Gasteiger partial charge in [-0.05, 0) is 56.6 Å². The molecule has 0 heterocycles. The summed E-state index contributed by atoms with van der Waals surface area (Å²) in [6.45, 7) is 2.25. The van der Waals surface area contributed by atoms with Crippen molar-refractivity contribution in [2.45, 2.75) is 45.1 Å². The molecule has 0 spiro atoms. The van der Waals surface area contributed by atoms with E-state index in [2.05, 4.69) is 0 Å². The highest BCUT2D eigenvalue weighted by atomic mass is 16.5. The highest BCUT2D eigenvalue weighted by Crippen LogP contribution is 2.27. The van der Waals surface area contributed by atoms with E-state index >= 15 is 0 Å². The van der Waals surface area contributed by atoms with E-state index in [1.807, 2.05) is 43.1 Å². The topological polar surface area (TPSA) is 49.8 Å². The Balaban J connectivity index is 1.95. The Morgan fingerprint density at radius 3 is 2.58 bits per heavy atom. The molecule has 24 heavy (non-hydrogen) atoms. The lowest BCUT2D eigenvalue weighted by molar-refractivity contribution is -0.127. The molecule has 4 nitrogen and oxygen atoms in total. The number of aliphatic hydroxyl groups is 1. The number of hydrogen-bond acceptors (Lipinski definition) is 3. The second-order valence-corrected chi connectivity index (χ2v) is 6.79. The molecule has 1 aromatic rings. The summed E-state index contributed by atoms with van der Waals surface area (Å²) in [4.78, 5) is 14.4. The van der Waals surface area contributed by atoms with E-state index in [-0.39, 0.29) is 18.6 Å². The maximum absolute atomic E-state index is 12.5. The Bertz CT molecular complexity index is 574. The summed E-state index contributed by atoms with van der Waals surface area (Å²) < 4.78 is 5.37. The van der Waals surface area contributed by atoms with Crippen LogP contribution in [0.15, 0.2) is 35.9 Å². The van der Waals surface area contributed by atoms with Gasteiger partial charge in [0.1, 0.15) is 5.75 Å². The number of para-hydroxylation sites is 1. The molecule has 0 atom stereocenters. The Kier molecular flexibility index (Phi) is 6.85. The van der Waals surface area contributed by atoms with Crippen LogP contribution in [0.5, 0.6) is 5.75 Å². The van der Waals surface area contributed by atoms with E-state index in [0.29, 0.717) is 12.3 Å². The van der Waals surface area contributed by atoms with E-state index in [1.54, 1.807) is 13.2 Å². The van der Waals surface area contributed by atoms with Crippen LogP contribution in [-0.2, 0) is 11.2 Å². The number of hydrogen-bond donors (Lipinski definition) is 1. The fraction of sp³-hybridized carbons (Fsp3) is 0.550. The van der Waals surface area contributed by atoms with Gasteiger partial charge in [0, 0.05) is 25.8 Å². The van der Waals surface area contributed by atoms with Crippen LogP contribution in [0.2, 0.25) is 0 Å². The van der Waals surface area contributed by atoms with Crippen LogP contribution in [0.4, 0.5) is 0 Å². The van der Waals surface area contributed by atoms with Gasteiger partial charge in [-0.3, -0.25) is 4.79 Å². The van der Waals surface area contributed by atoms with Gasteiger partial charge >= 0.3 is 0 Å². The Morgan fingerprint density at radius 1 is 1.29 bits per heavy atom. The first-order valence-corrected chi connectivity index (χ1v) is 8.71. The van der Waals surface area contributed by atoms with Crippen LogP contribution in [-0.4, -0.2) is 42.7 Å². The number of nitrogens with zero attached hydrogens (tertiary/aromatic N) is 1. The van der Waals surface area contributed by atoms with Crippen LogP contribution in [0.1, 0.15) is 38.2 Å². The molecular formula is C20H29NO3. The van der Waals surface area contributed by atoms with Crippen molar-refractivity contribution in [2.24, 2.45) is 5.92 Å². The first-order chi connectivity index (χ1) is 11.5. The lowest BCUT2D eigenvalue weighted by Gasteiger charge is -2.33. The molecular weight excluding hydrogens is 302 g/mol. The highest BCUT2D eigenvalue weighted by molar-refractivity contribution is 5.88. The minimum atomic E-state index is 0.0647. The fourth-order valence-corrected chi connectivity index (χ4v) is 3.41.